The summed E-state index contributed by atoms with van der Waals surface area (Å²) in [6, 6.07) is 15.6. The van der Waals surface area contributed by atoms with Crippen LogP contribution in [0.2, 0.25) is 0 Å². The number of nitrogens with zero attached hydrogens (tertiary/aromatic N) is 1. The summed E-state index contributed by atoms with van der Waals surface area (Å²) in [5.74, 6) is -0.476. The fourth-order valence-corrected chi connectivity index (χ4v) is 6.70. The van der Waals surface area contributed by atoms with E-state index in [0.29, 0.717) is 18.2 Å². The Hall–Kier alpha value is -3.00. The van der Waals surface area contributed by atoms with Crippen molar-refractivity contribution in [2.75, 3.05) is 24.8 Å². The van der Waals surface area contributed by atoms with Gasteiger partial charge in [0, 0.05) is 24.1 Å². The number of thioether (sulfide) groups is 1. The molecule has 0 bridgehead atoms. The maximum absolute atomic E-state index is 13.1. The number of carboxylic acids is 1. The van der Waals surface area contributed by atoms with Gasteiger partial charge in [0.2, 0.25) is 5.91 Å². The molecule has 7 nitrogen and oxygen atoms in total. The third-order valence-corrected chi connectivity index (χ3v) is 8.29. The summed E-state index contributed by atoms with van der Waals surface area (Å²) in [5.41, 5.74) is 4.68. The van der Waals surface area contributed by atoms with Crippen LogP contribution in [-0.2, 0) is 14.3 Å². The topological polar surface area (TPSA) is 95.9 Å². The van der Waals surface area contributed by atoms with Crippen molar-refractivity contribution < 1.29 is 24.2 Å². The van der Waals surface area contributed by atoms with Gasteiger partial charge in [-0.3, -0.25) is 4.79 Å². The summed E-state index contributed by atoms with van der Waals surface area (Å²) in [4.78, 5) is 38.6. The van der Waals surface area contributed by atoms with Crippen LogP contribution in [0.25, 0.3) is 11.1 Å². The highest BCUT2D eigenvalue weighted by Gasteiger charge is 2.42. The Morgan fingerprint density at radius 2 is 1.71 bits per heavy atom. The number of hydrogen-bond acceptors (Lipinski definition) is 5. The van der Waals surface area contributed by atoms with Gasteiger partial charge >= 0.3 is 12.1 Å². The number of hydrogen-bond donors (Lipinski definition) is 2. The standard InChI is InChI=1S/C26H28N2O5S/c29-24(28-15-34-14-23(28)25(30)31)17-11-5-6-16(17)12-27-26(32)33-13-22-20-9-3-1-7-18(20)19-8-2-4-10-21(19)22/h1-4,7-10,16-17,22-23H,5-6,11-15H2,(H,27,32)(H,30,31)/t16-,17-,23+/m1/s1. The molecule has 0 unspecified atom stereocenters. The van der Waals surface area contributed by atoms with Crippen molar-refractivity contribution in [3.63, 3.8) is 0 Å². The van der Waals surface area contributed by atoms with E-state index in [9.17, 15) is 19.5 Å². The number of benzene rings is 2. The van der Waals surface area contributed by atoms with Crippen molar-refractivity contribution in [2.24, 2.45) is 11.8 Å². The highest BCUT2D eigenvalue weighted by atomic mass is 32.2. The number of rotatable bonds is 6. The van der Waals surface area contributed by atoms with Crippen LogP contribution in [-0.4, -0.2) is 58.8 Å². The van der Waals surface area contributed by atoms with E-state index in [4.69, 9.17) is 4.74 Å². The molecule has 8 heteroatoms. The van der Waals surface area contributed by atoms with Crippen molar-refractivity contribution >= 4 is 29.7 Å². The van der Waals surface area contributed by atoms with Crippen molar-refractivity contribution in [3.05, 3.63) is 59.7 Å². The lowest BCUT2D eigenvalue weighted by Crippen LogP contribution is -2.46. The molecular formula is C26H28N2O5S. The molecule has 1 saturated carbocycles. The van der Waals surface area contributed by atoms with Crippen LogP contribution in [0.4, 0.5) is 4.79 Å². The molecule has 1 heterocycles. The number of ether oxygens (including phenoxy) is 1. The Labute approximate surface area is 202 Å². The average molecular weight is 481 g/mol. The molecule has 1 aliphatic heterocycles. The van der Waals surface area contributed by atoms with Crippen LogP contribution in [0.5, 0.6) is 0 Å². The lowest BCUT2D eigenvalue weighted by molar-refractivity contribution is -0.149. The van der Waals surface area contributed by atoms with E-state index in [1.54, 1.807) is 0 Å². The van der Waals surface area contributed by atoms with E-state index < -0.39 is 18.1 Å². The predicted molar refractivity (Wildman–Crippen MR) is 129 cm³/mol. The van der Waals surface area contributed by atoms with Crippen LogP contribution in [0.1, 0.15) is 36.3 Å². The normalized spacial score (nSPS) is 23.4. The molecule has 3 atom stereocenters. The fraction of sp³-hybridized carbons (Fsp3) is 0.423. The van der Waals surface area contributed by atoms with E-state index in [1.165, 1.54) is 27.8 Å². The van der Waals surface area contributed by atoms with Crippen LogP contribution < -0.4 is 5.32 Å². The lowest BCUT2D eigenvalue weighted by Gasteiger charge is -2.27. The molecule has 2 fully saturated rings. The number of carbonyl (C=O) groups excluding carboxylic acids is 2. The minimum Gasteiger partial charge on any atom is -0.480 e. The number of fused-ring (bicyclic) bond motifs is 3. The molecule has 2 aliphatic carbocycles. The van der Waals surface area contributed by atoms with Gasteiger partial charge in [-0.15, -0.1) is 11.8 Å². The molecule has 0 aromatic heterocycles. The van der Waals surface area contributed by atoms with E-state index in [2.05, 4.69) is 29.6 Å². The zero-order chi connectivity index (χ0) is 23.7. The molecule has 2 aromatic rings. The molecule has 3 aliphatic rings. The van der Waals surface area contributed by atoms with Crippen molar-refractivity contribution in [3.8, 4) is 11.1 Å². The van der Waals surface area contributed by atoms with E-state index in [-0.39, 0.29) is 30.3 Å². The first-order valence-corrected chi connectivity index (χ1v) is 12.9. The number of amides is 2. The summed E-state index contributed by atoms with van der Waals surface area (Å²) in [6.07, 6.45) is 1.97. The highest BCUT2D eigenvalue weighted by molar-refractivity contribution is 7.99. The number of alkyl carbamates (subject to hydrolysis) is 1. The first kappa shape index (κ1) is 22.8. The van der Waals surface area contributed by atoms with Crippen molar-refractivity contribution in [2.45, 2.75) is 31.2 Å². The Morgan fingerprint density at radius 1 is 1.03 bits per heavy atom. The van der Waals surface area contributed by atoms with Crippen LogP contribution in [0, 0.1) is 11.8 Å². The van der Waals surface area contributed by atoms with Gasteiger partial charge in [-0.2, -0.15) is 0 Å². The van der Waals surface area contributed by atoms with Crippen molar-refractivity contribution in [1.29, 1.82) is 0 Å². The minimum atomic E-state index is -0.954. The lowest BCUT2D eigenvalue weighted by atomic mass is 9.94. The van der Waals surface area contributed by atoms with Crippen LogP contribution in [0.3, 0.4) is 0 Å². The first-order valence-electron chi connectivity index (χ1n) is 11.7. The number of aliphatic carboxylic acids is 1. The van der Waals surface area contributed by atoms with Gasteiger partial charge in [0.15, 0.2) is 0 Å². The van der Waals surface area contributed by atoms with Gasteiger partial charge in [-0.1, -0.05) is 55.0 Å². The Kier molecular flexibility index (Phi) is 6.50. The number of nitrogens with one attached hydrogen (secondary N) is 1. The SMILES string of the molecule is O=C(NC[C@H]1CCC[C@H]1C(=O)N1CSC[C@H]1C(=O)O)OCC1c2ccccc2-c2ccccc21. The van der Waals surface area contributed by atoms with Gasteiger partial charge in [-0.25, -0.2) is 9.59 Å². The van der Waals surface area contributed by atoms with E-state index in [1.807, 2.05) is 24.3 Å². The highest BCUT2D eigenvalue weighted by Crippen LogP contribution is 2.44. The maximum Gasteiger partial charge on any atom is 0.407 e. The summed E-state index contributed by atoms with van der Waals surface area (Å²) in [7, 11) is 0. The Bertz CT molecular complexity index is 1060. The van der Waals surface area contributed by atoms with E-state index in [0.717, 1.165) is 30.4 Å². The van der Waals surface area contributed by atoms with Crippen LogP contribution >= 0.6 is 11.8 Å². The van der Waals surface area contributed by atoms with Gasteiger partial charge in [-0.05, 0) is 41.0 Å². The third-order valence-electron chi connectivity index (χ3n) is 7.28. The Morgan fingerprint density at radius 3 is 2.38 bits per heavy atom. The van der Waals surface area contributed by atoms with Crippen LogP contribution in [0.15, 0.2) is 48.5 Å². The van der Waals surface area contributed by atoms with Gasteiger partial charge in [0.05, 0.1) is 5.88 Å². The molecule has 2 amide bonds. The summed E-state index contributed by atoms with van der Waals surface area (Å²) < 4.78 is 5.62. The molecule has 0 radical (unpaired) electrons. The summed E-state index contributed by atoms with van der Waals surface area (Å²) in [6.45, 7) is 0.601. The second kappa shape index (κ2) is 9.70. The smallest absolute Gasteiger partial charge is 0.407 e. The maximum atomic E-state index is 13.1. The number of carboxylic acid groups (broad SMARTS) is 1. The molecular weight excluding hydrogens is 452 g/mol. The largest absolute Gasteiger partial charge is 0.480 e. The molecule has 34 heavy (non-hydrogen) atoms. The Balaban J connectivity index is 1.17. The molecule has 5 rings (SSSR count). The minimum absolute atomic E-state index is 0.000393. The second-order valence-corrected chi connectivity index (χ2v) is 10.2. The molecule has 2 N–H and O–H groups in total. The third kappa shape index (κ3) is 4.27. The molecule has 2 aromatic carbocycles. The van der Waals surface area contributed by atoms with Gasteiger partial charge in [0.1, 0.15) is 12.6 Å². The molecule has 1 saturated heterocycles. The van der Waals surface area contributed by atoms with Gasteiger partial charge < -0.3 is 20.1 Å². The fourth-order valence-electron chi connectivity index (χ4n) is 5.55. The molecule has 178 valence electrons. The number of carbonyl (C=O) groups is 3. The van der Waals surface area contributed by atoms with Gasteiger partial charge in [0.25, 0.3) is 0 Å². The predicted octanol–water partition coefficient (Wildman–Crippen LogP) is 3.93. The zero-order valence-electron chi connectivity index (χ0n) is 18.8. The zero-order valence-corrected chi connectivity index (χ0v) is 19.6. The first-order chi connectivity index (χ1) is 16.5. The monoisotopic (exact) mass is 480 g/mol. The summed E-state index contributed by atoms with van der Waals surface area (Å²) >= 11 is 1.47. The second-order valence-electron chi connectivity index (χ2n) is 9.17. The summed E-state index contributed by atoms with van der Waals surface area (Å²) in [5, 5.41) is 12.3. The van der Waals surface area contributed by atoms with E-state index >= 15 is 0 Å². The quantitative estimate of drug-likeness (QED) is 0.651. The average Bonchev–Trinajstić information content (AvgIpc) is 3.59. The van der Waals surface area contributed by atoms with Crippen molar-refractivity contribution in [1.82, 2.24) is 10.2 Å². The molecule has 0 spiro atoms.